The van der Waals surface area contributed by atoms with E-state index >= 15 is 0 Å². The summed E-state index contributed by atoms with van der Waals surface area (Å²) in [4.78, 5) is 30.8. The average molecular weight is 457 g/mol. The fourth-order valence-electron chi connectivity index (χ4n) is 5.21. The van der Waals surface area contributed by atoms with Crippen LogP contribution in [-0.2, 0) is 9.59 Å². The topological polar surface area (TPSA) is 59.1 Å². The van der Waals surface area contributed by atoms with E-state index in [0.717, 1.165) is 38.8 Å². The summed E-state index contributed by atoms with van der Waals surface area (Å²) in [5.74, 6) is 1.76. The van der Waals surface area contributed by atoms with Crippen molar-refractivity contribution < 1.29 is 19.1 Å². The monoisotopic (exact) mass is 456 g/mol. The fourth-order valence-corrected chi connectivity index (χ4v) is 5.21. The van der Waals surface area contributed by atoms with Gasteiger partial charge >= 0.3 is 0 Å². The Morgan fingerprint density at radius 3 is 2.15 bits per heavy atom. The average Bonchev–Trinajstić information content (AvgIpc) is 3.04. The smallest absolute Gasteiger partial charge is 0.277 e. The van der Waals surface area contributed by atoms with Crippen LogP contribution >= 0.6 is 0 Å². The van der Waals surface area contributed by atoms with Crippen LogP contribution in [0.3, 0.4) is 0 Å². The Morgan fingerprint density at radius 2 is 1.52 bits per heavy atom. The van der Waals surface area contributed by atoms with Gasteiger partial charge in [-0.1, -0.05) is 58.9 Å². The van der Waals surface area contributed by atoms with Gasteiger partial charge in [0, 0.05) is 19.6 Å². The van der Waals surface area contributed by atoms with Crippen molar-refractivity contribution in [3.8, 4) is 11.5 Å². The number of amides is 2. The lowest BCUT2D eigenvalue weighted by atomic mass is 9.91. The van der Waals surface area contributed by atoms with E-state index in [-0.39, 0.29) is 11.8 Å². The van der Waals surface area contributed by atoms with Gasteiger partial charge in [-0.3, -0.25) is 14.5 Å². The standard InChI is InChI=1S/C27H40N2O4/c1-6-7-8-9-10-11-14-29-26(30)24(21-12-13-22(32-4)23(16-21)33-5)25(27(29)31)28-17-19(2)15-20(3)18-28/h12-13,16,19-20H,6-11,14-15,17-18H2,1-5H3. The van der Waals surface area contributed by atoms with E-state index in [0.29, 0.717) is 46.7 Å². The van der Waals surface area contributed by atoms with Crippen LogP contribution in [0.4, 0.5) is 0 Å². The summed E-state index contributed by atoms with van der Waals surface area (Å²) in [7, 11) is 3.17. The number of piperidine rings is 1. The van der Waals surface area contributed by atoms with Gasteiger partial charge in [0.05, 0.1) is 19.8 Å². The number of methoxy groups -OCH3 is 2. The van der Waals surface area contributed by atoms with Crippen molar-refractivity contribution in [3.63, 3.8) is 0 Å². The molecule has 0 aliphatic carbocycles. The van der Waals surface area contributed by atoms with Crippen molar-refractivity contribution in [1.29, 1.82) is 0 Å². The Kier molecular flexibility index (Phi) is 8.81. The Balaban J connectivity index is 1.91. The molecule has 0 saturated carbocycles. The maximum absolute atomic E-state index is 13.6. The molecule has 6 heteroatoms. The van der Waals surface area contributed by atoms with Gasteiger partial charge in [-0.15, -0.1) is 0 Å². The lowest BCUT2D eigenvalue weighted by molar-refractivity contribution is -0.137. The third-order valence-electron chi connectivity index (χ3n) is 6.74. The molecule has 182 valence electrons. The summed E-state index contributed by atoms with van der Waals surface area (Å²) >= 11 is 0. The van der Waals surface area contributed by atoms with Crippen LogP contribution in [-0.4, -0.2) is 55.5 Å². The molecule has 0 radical (unpaired) electrons. The van der Waals surface area contributed by atoms with Crippen LogP contribution in [0, 0.1) is 11.8 Å². The van der Waals surface area contributed by atoms with Gasteiger partial charge in [-0.25, -0.2) is 0 Å². The largest absolute Gasteiger partial charge is 0.493 e. The Morgan fingerprint density at radius 1 is 0.879 bits per heavy atom. The number of likely N-dealkylation sites (tertiary alicyclic amines) is 1. The number of ether oxygens (including phenoxy) is 2. The van der Waals surface area contributed by atoms with Crippen LogP contribution in [0.15, 0.2) is 23.9 Å². The molecule has 2 unspecified atom stereocenters. The zero-order chi connectivity index (χ0) is 24.0. The zero-order valence-corrected chi connectivity index (χ0v) is 21.0. The van der Waals surface area contributed by atoms with Gasteiger partial charge in [0.2, 0.25) is 0 Å². The molecular weight excluding hydrogens is 416 g/mol. The Labute approximate surface area is 198 Å². The number of carbonyl (C=O) groups is 2. The number of hydrogen-bond donors (Lipinski definition) is 0. The quantitative estimate of drug-likeness (QED) is 0.342. The first-order valence-corrected chi connectivity index (χ1v) is 12.5. The summed E-state index contributed by atoms with van der Waals surface area (Å²) in [6, 6.07) is 5.46. The van der Waals surface area contributed by atoms with E-state index in [4.69, 9.17) is 9.47 Å². The van der Waals surface area contributed by atoms with Gasteiger partial charge in [0.25, 0.3) is 11.8 Å². The van der Waals surface area contributed by atoms with Crippen LogP contribution in [0.25, 0.3) is 5.57 Å². The number of imide groups is 1. The minimum atomic E-state index is -0.193. The highest BCUT2D eigenvalue weighted by atomic mass is 16.5. The number of rotatable bonds is 11. The second-order valence-corrected chi connectivity index (χ2v) is 9.67. The zero-order valence-electron chi connectivity index (χ0n) is 21.0. The third-order valence-corrected chi connectivity index (χ3v) is 6.74. The van der Waals surface area contributed by atoms with E-state index in [1.165, 1.54) is 24.2 Å². The van der Waals surface area contributed by atoms with Crippen LogP contribution in [0.5, 0.6) is 11.5 Å². The normalized spacial score (nSPS) is 21.2. The maximum Gasteiger partial charge on any atom is 0.277 e. The second kappa shape index (κ2) is 11.6. The van der Waals surface area contributed by atoms with Crippen LogP contribution in [0.2, 0.25) is 0 Å². The first-order valence-electron chi connectivity index (χ1n) is 12.5. The molecule has 0 aromatic heterocycles. The van der Waals surface area contributed by atoms with Gasteiger partial charge in [0.15, 0.2) is 11.5 Å². The highest BCUT2D eigenvalue weighted by Gasteiger charge is 2.42. The van der Waals surface area contributed by atoms with Gasteiger partial charge in [-0.2, -0.15) is 0 Å². The van der Waals surface area contributed by atoms with Crippen molar-refractivity contribution in [2.75, 3.05) is 33.9 Å². The molecule has 0 spiro atoms. The lowest BCUT2D eigenvalue weighted by Gasteiger charge is -2.37. The predicted molar refractivity (Wildman–Crippen MR) is 131 cm³/mol. The number of hydrogen-bond acceptors (Lipinski definition) is 5. The molecule has 33 heavy (non-hydrogen) atoms. The molecule has 1 saturated heterocycles. The minimum Gasteiger partial charge on any atom is -0.493 e. The molecule has 0 N–H and O–H groups in total. The first-order chi connectivity index (χ1) is 15.9. The van der Waals surface area contributed by atoms with Crippen molar-refractivity contribution in [1.82, 2.24) is 9.80 Å². The van der Waals surface area contributed by atoms with Gasteiger partial charge in [-0.05, 0) is 42.4 Å². The van der Waals surface area contributed by atoms with Crippen LogP contribution < -0.4 is 9.47 Å². The third kappa shape index (κ3) is 5.71. The van der Waals surface area contributed by atoms with E-state index in [1.54, 1.807) is 20.3 Å². The van der Waals surface area contributed by atoms with Gasteiger partial charge in [0.1, 0.15) is 5.70 Å². The highest BCUT2D eigenvalue weighted by Crippen LogP contribution is 2.38. The number of unbranched alkanes of at least 4 members (excludes halogenated alkanes) is 5. The SMILES string of the molecule is CCCCCCCCN1C(=O)C(c2ccc(OC)c(OC)c2)=C(N2CC(C)CC(C)C2)C1=O. The highest BCUT2D eigenvalue weighted by molar-refractivity contribution is 6.35. The molecule has 0 bridgehead atoms. The number of benzene rings is 1. The number of carbonyl (C=O) groups excluding carboxylic acids is 2. The molecule has 1 fully saturated rings. The Bertz CT molecular complexity index is 869. The van der Waals surface area contributed by atoms with Crippen molar-refractivity contribution >= 4 is 17.4 Å². The molecule has 2 aliphatic rings. The van der Waals surface area contributed by atoms with Gasteiger partial charge < -0.3 is 14.4 Å². The molecule has 3 rings (SSSR count). The molecule has 2 heterocycles. The molecule has 1 aromatic rings. The fraction of sp³-hybridized carbons (Fsp3) is 0.630. The predicted octanol–water partition coefficient (Wildman–Crippen LogP) is 5.12. The molecular formula is C27H40N2O4. The summed E-state index contributed by atoms with van der Waals surface area (Å²) in [6.45, 7) is 8.69. The summed E-state index contributed by atoms with van der Waals surface area (Å²) in [5, 5.41) is 0. The van der Waals surface area contributed by atoms with E-state index in [2.05, 4.69) is 25.7 Å². The van der Waals surface area contributed by atoms with E-state index in [1.807, 2.05) is 12.1 Å². The minimum absolute atomic E-state index is 0.153. The molecule has 2 amide bonds. The molecule has 1 aromatic carbocycles. The van der Waals surface area contributed by atoms with Crippen molar-refractivity contribution in [2.24, 2.45) is 11.8 Å². The van der Waals surface area contributed by atoms with Crippen molar-refractivity contribution in [3.05, 3.63) is 29.5 Å². The summed E-state index contributed by atoms with van der Waals surface area (Å²) in [6.07, 6.45) is 7.83. The summed E-state index contributed by atoms with van der Waals surface area (Å²) < 4.78 is 10.9. The lowest BCUT2D eigenvalue weighted by Crippen LogP contribution is -2.42. The summed E-state index contributed by atoms with van der Waals surface area (Å²) in [5.41, 5.74) is 1.75. The number of nitrogens with zero attached hydrogens (tertiary/aromatic N) is 2. The molecule has 6 nitrogen and oxygen atoms in total. The van der Waals surface area contributed by atoms with Crippen LogP contribution in [0.1, 0.15) is 71.3 Å². The first kappa shape index (κ1) is 25.1. The Hall–Kier alpha value is -2.50. The maximum atomic E-state index is 13.6. The molecule has 2 aliphatic heterocycles. The molecule has 2 atom stereocenters. The van der Waals surface area contributed by atoms with E-state index < -0.39 is 0 Å². The second-order valence-electron chi connectivity index (χ2n) is 9.67. The van der Waals surface area contributed by atoms with E-state index in [9.17, 15) is 9.59 Å². The van der Waals surface area contributed by atoms with Crippen molar-refractivity contribution in [2.45, 2.75) is 65.7 Å².